The van der Waals surface area contributed by atoms with Crippen molar-refractivity contribution in [3.05, 3.63) is 71.8 Å². The van der Waals surface area contributed by atoms with Crippen LogP contribution in [0.25, 0.3) is 10.8 Å². The van der Waals surface area contributed by atoms with Crippen LogP contribution in [0.3, 0.4) is 0 Å². The Bertz CT molecular complexity index is 1120. The van der Waals surface area contributed by atoms with Crippen LogP contribution in [0.5, 0.6) is 11.5 Å². The van der Waals surface area contributed by atoms with E-state index in [-0.39, 0.29) is 11.7 Å². The first-order valence-electron chi connectivity index (χ1n) is 16.0. The number of rotatable bonds is 21. The topological polar surface area (TPSA) is 35.5 Å². The molecule has 40 heavy (non-hydrogen) atoms. The molecule has 0 saturated heterocycles. The normalized spacial score (nSPS) is 12.0. The van der Waals surface area contributed by atoms with Gasteiger partial charge in [-0.25, -0.2) is 0 Å². The van der Waals surface area contributed by atoms with E-state index in [2.05, 4.69) is 39.0 Å². The zero-order valence-corrected chi connectivity index (χ0v) is 25.4. The average Bonchev–Trinajstić information content (AvgIpc) is 2.98. The highest BCUT2D eigenvalue weighted by Gasteiger charge is 2.15. The van der Waals surface area contributed by atoms with Gasteiger partial charge in [-0.3, -0.25) is 4.79 Å². The van der Waals surface area contributed by atoms with Gasteiger partial charge in [0.2, 0.25) is 0 Å². The summed E-state index contributed by atoms with van der Waals surface area (Å²) in [6.07, 6.45) is 17.6. The lowest BCUT2D eigenvalue weighted by molar-refractivity contribution is 0.0922. The molecule has 3 nitrogen and oxygen atoms in total. The molecule has 3 heteroatoms. The highest BCUT2D eigenvalue weighted by molar-refractivity contribution is 5.97. The summed E-state index contributed by atoms with van der Waals surface area (Å²) in [4.78, 5) is 12.8. The average molecular weight is 545 g/mol. The van der Waals surface area contributed by atoms with Crippen LogP contribution >= 0.6 is 0 Å². The Morgan fingerprint density at radius 2 is 1.35 bits per heavy atom. The third-order valence-electron chi connectivity index (χ3n) is 7.90. The molecule has 0 bridgehead atoms. The van der Waals surface area contributed by atoms with Crippen LogP contribution in [0.4, 0.5) is 0 Å². The van der Waals surface area contributed by atoms with Gasteiger partial charge in [0.05, 0.1) is 6.61 Å². The monoisotopic (exact) mass is 544 g/mol. The highest BCUT2D eigenvalue weighted by atomic mass is 16.5. The first kappa shape index (κ1) is 31.7. The number of Topliss-reactive ketones (excluding diaryl/α,β-unsaturated/α-hetero) is 1. The molecule has 0 amide bonds. The number of carbonyl (C=O) groups is 1. The second-order valence-electron chi connectivity index (χ2n) is 11.4. The number of fused-ring (bicyclic) bond motifs is 1. The molecule has 0 fully saturated rings. The minimum Gasteiger partial charge on any atom is -0.494 e. The predicted molar refractivity (Wildman–Crippen MR) is 170 cm³/mol. The third kappa shape index (κ3) is 11.0. The Hall–Kier alpha value is -2.81. The number of ketones is 1. The Morgan fingerprint density at radius 1 is 0.700 bits per heavy atom. The van der Waals surface area contributed by atoms with Gasteiger partial charge in [0, 0.05) is 16.9 Å². The SMILES string of the molecule is CCCCCCCCCCCOc1ccc2c(OCc3ccc(C(=O)[C@H](C)CCCCCC)cc3)cccc2c1. The Balaban J connectivity index is 1.43. The first-order valence-corrected chi connectivity index (χ1v) is 16.0. The van der Waals surface area contributed by atoms with E-state index in [4.69, 9.17) is 9.47 Å². The van der Waals surface area contributed by atoms with E-state index < -0.39 is 0 Å². The van der Waals surface area contributed by atoms with Crippen LogP contribution in [0.1, 0.15) is 127 Å². The molecule has 1 atom stereocenters. The van der Waals surface area contributed by atoms with E-state index in [9.17, 15) is 4.79 Å². The first-order chi connectivity index (χ1) is 19.6. The Kier molecular flexibility index (Phi) is 14.7. The molecule has 3 aromatic carbocycles. The van der Waals surface area contributed by atoms with Crippen LogP contribution in [0.2, 0.25) is 0 Å². The lowest BCUT2D eigenvalue weighted by Crippen LogP contribution is -2.11. The van der Waals surface area contributed by atoms with E-state index in [0.717, 1.165) is 59.3 Å². The number of carbonyl (C=O) groups excluding carboxylic acids is 1. The molecule has 3 aromatic rings. The molecule has 3 rings (SSSR count). The largest absolute Gasteiger partial charge is 0.494 e. The number of hydrogen-bond acceptors (Lipinski definition) is 3. The van der Waals surface area contributed by atoms with Crippen LogP contribution in [0.15, 0.2) is 60.7 Å². The van der Waals surface area contributed by atoms with Gasteiger partial charge in [-0.2, -0.15) is 0 Å². The van der Waals surface area contributed by atoms with Gasteiger partial charge in [0.1, 0.15) is 18.1 Å². The van der Waals surface area contributed by atoms with Crippen LogP contribution in [-0.4, -0.2) is 12.4 Å². The Labute approximate surface area is 243 Å². The van der Waals surface area contributed by atoms with Crippen molar-refractivity contribution >= 4 is 16.6 Å². The third-order valence-corrected chi connectivity index (χ3v) is 7.90. The summed E-state index contributed by atoms with van der Waals surface area (Å²) in [7, 11) is 0. The zero-order valence-electron chi connectivity index (χ0n) is 25.4. The lowest BCUT2D eigenvalue weighted by atomic mass is 9.93. The smallest absolute Gasteiger partial charge is 0.165 e. The van der Waals surface area contributed by atoms with Gasteiger partial charge < -0.3 is 9.47 Å². The molecule has 0 radical (unpaired) electrons. The van der Waals surface area contributed by atoms with Gasteiger partial charge >= 0.3 is 0 Å². The lowest BCUT2D eigenvalue weighted by Gasteiger charge is -2.13. The zero-order chi connectivity index (χ0) is 28.4. The van der Waals surface area contributed by atoms with Gasteiger partial charge in [-0.15, -0.1) is 0 Å². The maximum absolute atomic E-state index is 12.8. The maximum Gasteiger partial charge on any atom is 0.165 e. The van der Waals surface area contributed by atoms with Crippen molar-refractivity contribution in [1.29, 1.82) is 0 Å². The molecule has 0 aliphatic carbocycles. The number of hydrogen-bond donors (Lipinski definition) is 0. The fourth-order valence-corrected chi connectivity index (χ4v) is 5.27. The van der Waals surface area contributed by atoms with Crippen molar-refractivity contribution in [2.45, 2.75) is 117 Å². The fraction of sp³-hybridized carbons (Fsp3) is 0.541. The molecule has 0 N–H and O–H groups in total. The standard InChI is InChI=1S/C37H52O3/c1-4-6-8-10-11-12-13-14-16-27-39-34-25-26-35-33(28-34)19-17-20-36(35)40-29-31-21-23-32(24-22-31)37(38)30(3)18-15-9-7-5-2/h17,19-26,28,30H,4-16,18,27,29H2,1-3H3/t30-/m1/s1. The summed E-state index contributed by atoms with van der Waals surface area (Å²) in [6, 6.07) is 20.3. The molecular formula is C37H52O3. The predicted octanol–water partition coefficient (Wildman–Crippen LogP) is 11.1. The Morgan fingerprint density at radius 3 is 2.05 bits per heavy atom. The number of benzene rings is 3. The van der Waals surface area contributed by atoms with Gasteiger partial charge in [-0.1, -0.05) is 134 Å². The van der Waals surface area contributed by atoms with Crippen molar-refractivity contribution in [2.75, 3.05) is 6.61 Å². The molecular weight excluding hydrogens is 492 g/mol. The van der Waals surface area contributed by atoms with Crippen LogP contribution < -0.4 is 9.47 Å². The summed E-state index contributed by atoms with van der Waals surface area (Å²) in [5, 5.41) is 2.21. The summed E-state index contributed by atoms with van der Waals surface area (Å²) in [5.41, 5.74) is 1.86. The van der Waals surface area contributed by atoms with Crippen molar-refractivity contribution in [1.82, 2.24) is 0 Å². The van der Waals surface area contributed by atoms with Crippen molar-refractivity contribution < 1.29 is 14.3 Å². The van der Waals surface area contributed by atoms with E-state index >= 15 is 0 Å². The quantitative estimate of drug-likeness (QED) is 0.0988. The van der Waals surface area contributed by atoms with Crippen LogP contribution in [0, 0.1) is 5.92 Å². The molecule has 0 spiro atoms. The van der Waals surface area contributed by atoms with E-state index in [1.807, 2.05) is 42.5 Å². The van der Waals surface area contributed by atoms with E-state index in [1.54, 1.807) is 0 Å². The molecule has 0 unspecified atom stereocenters. The minimum absolute atomic E-state index is 0.0774. The van der Waals surface area contributed by atoms with E-state index in [1.165, 1.54) is 70.6 Å². The van der Waals surface area contributed by atoms with Crippen LogP contribution in [-0.2, 0) is 6.61 Å². The second kappa shape index (κ2) is 18.5. The summed E-state index contributed by atoms with van der Waals surface area (Å²) >= 11 is 0. The van der Waals surface area contributed by atoms with Crippen molar-refractivity contribution in [3.63, 3.8) is 0 Å². The molecule has 0 heterocycles. The molecule has 0 saturated carbocycles. The molecule has 0 aromatic heterocycles. The second-order valence-corrected chi connectivity index (χ2v) is 11.4. The molecule has 0 aliphatic rings. The molecule has 218 valence electrons. The minimum atomic E-state index is 0.0774. The highest BCUT2D eigenvalue weighted by Crippen LogP contribution is 2.30. The van der Waals surface area contributed by atoms with Crippen molar-refractivity contribution in [3.8, 4) is 11.5 Å². The van der Waals surface area contributed by atoms with Gasteiger partial charge in [-0.05, 0) is 48.1 Å². The van der Waals surface area contributed by atoms with Gasteiger partial charge in [0.25, 0.3) is 0 Å². The maximum atomic E-state index is 12.8. The number of unbranched alkanes of at least 4 members (excludes halogenated alkanes) is 11. The van der Waals surface area contributed by atoms with Gasteiger partial charge in [0.15, 0.2) is 5.78 Å². The molecule has 0 aliphatic heterocycles. The summed E-state index contributed by atoms with van der Waals surface area (Å²) in [6.45, 7) is 7.78. The summed E-state index contributed by atoms with van der Waals surface area (Å²) < 4.78 is 12.3. The fourth-order valence-electron chi connectivity index (χ4n) is 5.27. The summed E-state index contributed by atoms with van der Waals surface area (Å²) in [5.74, 6) is 2.11. The number of ether oxygens (including phenoxy) is 2. The van der Waals surface area contributed by atoms with Crippen molar-refractivity contribution in [2.24, 2.45) is 5.92 Å². The van der Waals surface area contributed by atoms with E-state index in [0.29, 0.717) is 6.61 Å².